The number of nitrogens with zero attached hydrogens (tertiary/aromatic N) is 2. The number of halogens is 2. The fraction of sp³-hybridized carbons (Fsp3) is 0.333. The summed E-state index contributed by atoms with van der Waals surface area (Å²) in [5.41, 5.74) is 2.27. The molecular formula is C15H16ClFN2. The maximum atomic E-state index is 13.0. The Hall–Kier alpha value is -1.48. The van der Waals surface area contributed by atoms with Crippen LogP contribution in [0.5, 0.6) is 0 Å². The largest absolute Gasteiger partial charge is 0.237 e. The second-order valence-electron chi connectivity index (χ2n) is 5.09. The van der Waals surface area contributed by atoms with Gasteiger partial charge in [-0.2, -0.15) is 0 Å². The highest BCUT2D eigenvalue weighted by Crippen LogP contribution is 2.29. The quantitative estimate of drug-likeness (QED) is 0.794. The van der Waals surface area contributed by atoms with Crippen LogP contribution in [0.3, 0.4) is 0 Å². The summed E-state index contributed by atoms with van der Waals surface area (Å²) in [7, 11) is 0. The van der Waals surface area contributed by atoms with Crippen LogP contribution in [-0.2, 0) is 11.3 Å². The van der Waals surface area contributed by atoms with Gasteiger partial charge in [-0.15, -0.1) is 11.6 Å². The molecule has 0 N–H and O–H groups in total. The van der Waals surface area contributed by atoms with E-state index < -0.39 is 0 Å². The predicted octanol–water partition coefficient (Wildman–Crippen LogP) is 3.99. The third-order valence-electron chi connectivity index (χ3n) is 3.17. The Bertz CT molecular complexity index is 579. The van der Waals surface area contributed by atoms with Crippen molar-refractivity contribution in [1.82, 2.24) is 9.97 Å². The molecule has 0 unspecified atom stereocenters. The molecule has 0 spiro atoms. The molecule has 0 radical (unpaired) electrons. The molecule has 0 aliphatic carbocycles. The molecule has 2 rings (SSSR count). The SMILES string of the molecule is Cc1cc(CCl)nc(C(C)(C)c2ccc(F)cc2)n1. The number of hydrogen-bond acceptors (Lipinski definition) is 2. The third-order valence-corrected chi connectivity index (χ3v) is 3.44. The highest BCUT2D eigenvalue weighted by atomic mass is 35.5. The Morgan fingerprint density at radius 3 is 2.37 bits per heavy atom. The summed E-state index contributed by atoms with van der Waals surface area (Å²) in [4.78, 5) is 8.97. The third kappa shape index (κ3) is 2.92. The maximum absolute atomic E-state index is 13.0. The monoisotopic (exact) mass is 278 g/mol. The van der Waals surface area contributed by atoms with Gasteiger partial charge in [-0.1, -0.05) is 12.1 Å². The lowest BCUT2D eigenvalue weighted by atomic mass is 9.83. The first-order chi connectivity index (χ1) is 8.93. The number of aromatic nitrogens is 2. The van der Waals surface area contributed by atoms with Crippen LogP contribution in [0, 0.1) is 12.7 Å². The molecule has 1 aromatic carbocycles. The van der Waals surface area contributed by atoms with E-state index in [9.17, 15) is 4.39 Å². The topological polar surface area (TPSA) is 25.8 Å². The molecule has 0 aliphatic heterocycles. The van der Waals surface area contributed by atoms with Gasteiger partial charge >= 0.3 is 0 Å². The first kappa shape index (κ1) is 13.9. The summed E-state index contributed by atoms with van der Waals surface area (Å²) in [5.74, 6) is 0.816. The van der Waals surface area contributed by atoms with Gasteiger partial charge in [0.1, 0.15) is 11.6 Å². The van der Waals surface area contributed by atoms with Gasteiger partial charge in [0.05, 0.1) is 11.6 Å². The van der Waals surface area contributed by atoms with Crippen molar-refractivity contribution in [1.29, 1.82) is 0 Å². The van der Waals surface area contributed by atoms with Gasteiger partial charge in [0.2, 0.25) is 0 Å². The molecule has 0 saturated heterocycles. The van der Waals surface area contributed by atoms with Crippen LogP contribution < -0.4 is 0 Å². The maximum Gasteiger partial charge on any atom is 0.138 e. The van der Waals surface area contributed by atoms with Crippen molar-refractivity contribution in [2.75, 3.05) is 0 Å². The van der Waals surface area contributed by atoms with Gasteiger partial charge in [-0.05, 0) is 44.5 Å². The van der Waals surface area contributed by atoms with E-state index in [2.05, 4.69) is 9.97 Å². The fourth-order valence-corrected chi connectivity index (χ4v) is 2.11. The Labute approximate surface area is 117 Å². The van der Waals surface area contributed by atoms with Crippen molar-refractivity contribution in [3.8, 4) is 0 Å². The Balaban J connectivity index is 2.49. The van der Waals surface area contributed by atoms with Crippen molar-refractivity contribution >= 4 is 11.6 Å². The number of rotatable bonds is 3. The molecule has 19 heavy (non-hydrogen) atoms. The Morgan fingerprint density at radius 2 is 1.79 bits per heavy atom. The van der Waals surface area contributed by atoms with E-state index in [-0.39, 0.29) is 11.2 Å². The molecule has 1 heterocycles. The van der Waals surface area contributed by atoms with Crippen molar-refractivity contribution in [2.24, 2.45) is 0 Å². The van der Waals surface area contributed by atoms with E-state index in [1.165, 1.54) is 12.1 Å². The summed E-state index contributed by atoms with van der Waals surface area (Å²) in [6, 6.07) is 8.31. The Morgan fingerprint density at radius 1 is 1.16 bits per heavy atom. The van der Waals surface area contributed by atoms with E-state index in [4.69, 9.17) is 11.6 Å². The van der Waals surface area contributed by atoms with E-state index in [0.717, 1.165) is 17.0 Å². The zero-order chi connectivity index (χ0) is 14.0. The van der Waals surface area contributed by atoms with Crippen LogP contribution in [0.15, 0.2) is 30.3 Å². The van der Waals surface area contributed by atoms with Crippen LogP contribution in [0.1, 0.15) is 36.6 Å². The highest BCUT2D eigenvalue weighted by molar-refractivity contribution is 6.16. The number of hydrogen-bond donors (Lipinski definition) is 0. The van der Waals surface area contributed by atoms with Gasteiger partial charge < -0.3 is 0 Å². The summed E-state index contributed by atoms with van der Waals surface area (Å²) in [6.45, 7) is 5.96. The molecule has 0 atom stereocenters. The Kier molecular flexibility index (Phi) is 3.85. The first-order valence-electron chi connectivity index (χ1n) is 6.10. The molecule has 0 amide bonds. The molecule has 2 aromatic rings. The first-order valence-corrected chi connectivity index (χ1v) is 6.64. The smallest absolute Gasteiger partial charge is 0.138 e. The van der Waals surface area contributed by atoms with Crippen LogP contribution >= 0.6 is 11.6 Å². The van der Waals surface area contributed by atoms with E-state index in [1.54, 1.807) is 12.1 Å². The van der Waals surface area contributed by atoms with E-state index in [0.29, 0.717) is 11.7 Å². The minimum Gasteiger partial charge on any atom is -0.237 e. The normalized spacial score (nSPS) is 11.6. The van der Waals surface area contributed by atoms with Crippen molar-refractivity contribution in [2.45, 2.75) is 32.1 Å². The van der Waals surface area contributed by atoms with E-state index >= 15 is 0 Å². The highest BCUT2D eigenvalue weighted by Gasteiger charge is 2.27. The molecule has 2 nitrogen and oxygen atoms in total. The van der Waals surface area contributed by atoms with Crippen LogP contribution in [0.4, 0.5) is 4.39 Å². The number of aryl methyl sites for hydroxylation is 1. The molecule has 0 bridgehead atoms. The standard InChI is InChI=1S/C15H16ClFN2/c1-10-8-13(9-16)19-14(18-10)15(2,3)11-4-6-12(17)7-5-11/h4-8H,9H2,1-3H3. The average molecular weight is 279 g/mol. The number of benzene rings is 1. The molecule has 100 valence electrons. The summed E-state index contributed by atoms with van der Waals surface area (Å²) in [6.07, 6.45) is 0. The van der Waals surface area contributed by atoms with Gasteiger partial charge in [-0.25, -0.2) is 14.4 Å². The molecule has 0 aliphatic rings. The summed E-state index contributed by atoms with van der Waals surface area (Å²) in [5, 5.41) is 0. The van der Waals surface area contributed by atoms with Gasteiger partial charge in [-0.3, -0.25) is 0 Å². The second-order valence-corrected chi connectivity index (χ2v) is 5.36. The van der Waals surface area contributed by atoms with E-state index in [1.807, 2.05) is 26.8 Å². The fourth-order valence-electron chi connectivity index (χ4n) is 1.98. The minimum atomic E-state index is -0.388. The average Bonchev–Trinajstić information content (AvgIpc) is 2.38. The molecule has 1 aromatic heterocycles. The summed E-state index contributed by atoms with van der Waals surface area (Å²) < 4.78 is 13.0. The predicted molar refractivity (Wildman–Crippen MR) is 74.9 cm³/mol. The van der Waals surface area contributed by atoms with Crippen molar-refractivity contribution in [3.63, 3.8) is 0 Å². The van der Waals surface area contributed by atoms with Gasteiger partial charge in [0.15, 0.2) is 0 Å². The zero-order valence-electron chi connectivity index (χ0n) is 11.2. The van der Waals surface area contributed by atoms with Gasteiger partial charge in [0.25, 0.3) is 0 Å². The van der Waals surface area contributed by atoms with Crippen LogP contribution in [0.25, 0.3) is 0 Å². The lowest BCUT2D eigenvalue weighted by Crippen LogP contribution is -2.23. The second kappa shape index (κ2) is 5.25. The number of alkyl halides is 1. The minimum absolute atomic E-state index is 0.244. The molecule has 0 fully saturated rings. The molecule has 0 saturated carbocycles. The molecule has 4 heteroatoms. The van der Waals surface area contributed by atoms with Crippen LogP contribution in [-0.4, -0.2) is 9.97 Å². The van der Waals surface area contributed by atoms with Crippen molar-refractivity contribution < 1.29 is 4.39 Å². The van der Waals surface area contributed by atoms with Gasteiger partial charge in [0, 0.05) is 11.1 Å². The lowest BCUT2D eigenvalue weighted by Gasteiger charge is -2.24. The molecular weight excluding hydrogens is 263 g/mol. The van der Waals surface area contributed by atoms with Crippen LogP contribution in [0.2, 0.25) is 0 Å². The van der Waals surface area contributed by atoms with Crippen molar-refractivity contribution in [3.05, 3.63) is 58.9 Å². The zero-order valence-corrected chi connectivity index (χ0v) is 12.0. The summed E-state index contributed by atoms with van der Waals surface area (Å²) >= 11 is 5.85. The lowest BCUT2D eigenvalue weighted by molar-refractivity contribution is 0.578.